The molecule has 0 radical (unpaired) electrons. The van der Waals surface area contributed by atoms with Gasteiger partial charge >= 0.3 is 5.97 Å². The molecule has 0 amide bonds. The van der Waals surface area contributed by atoms with Gasteiger partial charge in [-0.3, -0.25) is 0 Å². The fraction of sp³-hybridized carbons (Fsp3) is 0.286. The number of aliphatic hydroxyl groups is 1. The molecule has 0 aliphatic heterocycles. The molecule has 19 heavy (non-hydrogen) atoms. The summed E-state index contributed by atoms with van der Waals surface area (Å²) in [6.45, 7) is 8.33. The average Bonchev–Trinajstić information content (AvgIpc) is 2.27. The van der Waals surface area contributed by atoms with Gasteiger partial charge in [0.05, 0.1) is 7.11 Å². The third-order valence-electron chi connectivity index (χ3n) is 2.32. The van der Waals surface area contributed by atoms with Gasteiger partial charge in [-0.05, 0) is 38.0 Å². The normalized spacial score (nSPS) is 13.7. The summed E-state index contributed by atoms with van der Waals surface area (Å²) in [6, 6.07) is 0. The van der Waals surface area contributed by atoms with E-state index in [0.29, 0.717) is 16.9 Å². The van der Waals surface area contributed by atoms with Gasteiger partial charge in [0, 0.05) is 5.71 Å². The Morgan fingerprint density at radius 2 is 1.74 bits per heavy atom. The fourth-order valence-corrected chi connectivity index (χ4v) is 1.30. The van der Waals surface area contributed by atoms with E-state index >= 15 is 0 Å². The van der Waals surface area contributed by atoms with Crippen LogP contribution in [-0.4, -0.2) is 29.0 Å². The number of methoxy groups -OCH3 is 1. The summed E-state index contributed by atoms with van der Waals surface area (Å²) in [4.78, 5) is 10.9. The Labute approximate surface area is 112 Å². The van der Waals surface area contributed by atoms with E-state index in [2.05, 4.69) is 6.58 Å². The van der Waals surface area contributed by atoms with E-state index in [0.717, 1.165) is 0 Å². The topological polar surface area (TPSA) is 90.6 Å². The highest BCUT2D eigenvalue weighted by molar-refractivity contribution is 6.17. The lowest BCUT2D eigenvalue weighted by Crippen LogP contribution is -2.12. The van der Waals surface area contributed by atoms with E-state index in [1.807, 2.05) is 0 Å². The lowest BCUT2D eigenvalue weighted by Gasteiger charge is -2.06. The van der Waals surface area contributed by atoms with Crippen LogP contribution in [-0.2, 0) is 9.53 Å². The Morgan fingerprint density at radius 3 is 2.05 bits per heavy atom. The first-order valence-electron chi connectivity index (χ1n) is 5.53. The maximum absolute atomic E-state index is 10.9. The van der Waals surface area contributed by atoms with Gasteiger partial charge in [-0.15, -0.1) is 0 Å². The maximum atomic E-state index is 10.9. The predicted octanol–water partition coefficient (Wildman–Crippen LogP) is 2.98. The van der Waals surface area contributed by atoms with Gasteiger partial charge in [0.25, 0.3) is 0 Å². The van der Waals surface area contributed by atoms with Crippen molar-refractivity contribution in [2.75, 3.05) is 7.11 Å². The summed E-state index contributed by atoms with van der Waals surface area (Å²) in [6.07, 6.45) is 3.08. The molecule has 0 bridgehead atoms. The summed E-state index contributed by atoms with van der Waals surface area (Å²) < 4.78 is 5.06. The Kier molecular flexibility index (Phi) is 6.33. The van der Waals surface area contributed by atoms with Crippen molar-refractivity contribution in [3.05, 3.63) is 47.0 Å². The van der Waals surface area contributed by atoms with Gasteiger partial charge in [-0.25, -0.2) is 4.79 Å². The Morgan fingerprint density at radius 1 is 1.21 bits per heavy atom. The minimum absolute atomic E-state index is 0.214. The van der Waals surface area contributed by atoms with Gasteiger partial charge in [-0.1, -0.05) is 12.7 Å². The lowest BCUT2D eigenvalue weighted by atomic mass is 10.1. The molecular formula is C14H19NO4. The molecule has 0 aromatic carbocycles. The third kappa shape index (κ3) is 4.83. The van der Waals surface area contributed by atoms with Crippen molar-refractivity contribution in [1.82, 2.24) is 0 Å². The highest BCUT2D eigenvalue weighted by Crippen LogP contribution is 2.15. The van der Waals surface area contributed by atoms with Crippen molar-refractivity contribution in [3.8, 4) is 0 Å². The van der Waals surface area contributed by atoms with Crippen LogP contribution in [0.3, 0.4) is 0 Å². The quantitative estimate of drug-likeness (QED) is 0.298. The first-order valence-corrected chi connectivity index (χ1v) is 5.53. The molecule has 0 aromatic rings. The van der Waals surface area contributed by atoms with Crippen molar-refractivity contribution in [2.45, 2.75) is 20.8 Å². The number of ether oxygens (including phenoxy) is 1. The molecule has 0 aliphatic carbocycles. The van der Waals surface area contributed by atoms with E-state index in [1.54, 1.807) is 19.9 Å². The third-order valence-corrected chi connectivity index (χ3v) is 2.32. The number of rotatable bonds is 6. The minimum Gasteiger partial charge on any atom is -0.507 e. The molecule has 0 aliphatic rings. The van der Waals surface area contributed by atoms with Gasteiger partial charge in [-0.2, -0.15) is 0 Å². The number of carboxylic acid groups (broad SMARTS) is 1. The van der Waals surface area contributed by atoms with E-state index in [1.165, 1.54) is 20.1 Å². The first kappa shape index (κ1) is 16.7. The summed E-state index contributed by atoms with van der Waals surface area (Å²) in [5.41, 5.74) is 0.390. The van der Waals surface area contributed by atoms with Crippen LogP contribution in [0.1, 0.15) is 20.8 Å². The molecule has 0 fully saturated rings. The number of carbonyl (C=O) groups is 1. The van der Waals surface area contributed by atoms with Crippen LogP contribution in [0.5, 0.6) is 0 Å². The zero-order chi connectivity index (χ0) is 15.2. The minimum atomic E-state index is -1.34. The fourth-order valence-electron chi connectivity index (χ4n) is 1.30. The number of allylic oxidation sites excluding steroid dienone is 4. The van der Waals surface area contributed by atoms with E-state index in [4.69, 9.17) is 15.3 Å². The number of aliphatic carboxylic acids is 1. The Hall–Kier alpha value is -2.30. The van der Waals surface area contributed by atoms with Gasteiger partial charge in [0.1, 0.15) is 17.1 Å². The molecule has 0 heterocycles. The van der Waals surface area contributed by atoms with Crippen LogP contribution >= 0.6 is 0 Å². The highest BCUT2D eigenvalue weighted by atomic mass is 16.5. The average molecular weight is 265 g/mol. The Bertz CT molecular complexity index is 480. The number of hydrogen-bond donors (Lipinski definition) is 3. The molecule has 5 nitrogen and oxygen atoms in total. The SMILES string of the molecule is C=C(C)\C(=C/C=C(C)/C(O)=C(/C(C)=N)C(=O)O)OC. The van der Waals surface area contributed by atoms with Crippen molar-refractivity contribution < 1.29 is 19.7 Å². The summed E-state index contributed by atoms with van der Waals surface area (Å²) in [5, 5.41) is 26.1. The first-order chi connectivity index (χ1) is 8.72. The second-order valence-electron chi connectivity index (χ2n) is 4.02. The smallest absolute Gasteiger partial charge is 0.341 e. The highest BCUT2D eigenvalue weighted by Gasteiger charge is 2.17. The number of nitrogens with one attached hydrogen (secondary N) is 1. The van der Waals surface area contributed by atoms with Gasteiger partial charge in [0.15, 0.2) is 0 Å². The standard InChI is InChI=1S/C14H19NO4/c1-8(2)11(19-5)7-6-9(3)13(16)12(10(4)15)14(17)18/h6-7,15-16H,1H2,2-5H3,(H,17,18)/b9-6+,11-7+,13-12+,15-10?. The molecule has 5 heteroatoms. The maximum Gasteiger partial charge on any atom is 0.341 e. The van der Waals surface area contributed by atoms with E-state index < -0.39 is 17.3 Å². The van der Waals surface area contributed by atoms with Crippen LogP contribution in [0, 0.1) is 5.41 Å². The zero-order valence-corrected chi connectivity index (χ0v) is 11.6. The van der Waals surface area contributed by atoms with E-state index in [9.17, 15) is 9.90 Å². The van der Waals surface area contributed by atoms with E-state index in [-0.39, 0.29) is 5.71 Å². The number of carboxylic acids is 1. The number of aliphatic hydroxyl groups excluding tert-OH is 1. The predicted molar refractivity (Wildman–Crippen MR) is 74.4 cm³/mol. The monoisotopic (exact) mass is 265 g/mol. The van der Waals surface area contributed by atoms with Crippen LogP contribution in [0.25, 0.3) is 0 Å². The van der Waals surface area contributed by atoms with Crippen molar-refractivity contribution in [1.29, 1.82) is 5.41 Å². The second kappa shape index (κ2) is 7.20. The number of hydrogen-bond acceptors (Lipinski definition) is 4. The molecule has 0 atom stereocenters. The molecule has 104 valence electrons. The molecule has 0 unspecified atom stereocenters. The molecule has 3 N–H and O–H groups in total. The molecule has 0 aromatic heterocycles. The van der Waals surface area contributed by atoms with Crippen LogP contribution < -0.4 is 0 Å². The van der Waals surface area contributed by atoms with Crippen molar-refractivity contribution in [3.63, 3.8) is 0 Å². The molecule has 0 rings (SSSR count). The summed E-state index contributed by atoms with van der Waals surface area (Å²) >= 11 is 0. The largest absolute Gasteiger partial charge is 0.507 e. The molecule has 0 saturated carbocycles. The Balaban J connectivity index is 5.58. The van der Waals surface area contributed by atoms with Gasteiger partial charge in [0.2, 0.25) is 0 Å². The molecular weight excluding hydrogens is 246 g/mol. The van der Waals surface area contributed by atoms with Crippen molar-refractivity contribution in [2.24, 2.45) is 0 Å². The van der Waals surface area contributed by atoms with Crippen LogP contribution in [0.15, 0.2) is 47.0 Å². The second-order valence-corrected chi connectivity index (χ2v) is 4.02. The lowest BCUT2D eigenvalue weighted by molar-refractivity contribution is -0.132. The van der Waals surface area contributed by atoms with Gasteiger partial charge < -0.3 is 20.4 Å². The summed E-state index contributed by atoms with van der Waals surface area (Å²) in [7, 11) is 1.49. The zero-order valence-electron chi connectivity index (χ0n) is 11.6. The molecule has 0 spiro atoms. The molecule has 0 saturated heterocycles. The summed E-state index contributed by atoms with van der Waals surface area (Å²) in [5.74, 6) is -1.25. The van der Waals surface area contributed by atoms with Crippen LogP contribution in [0.2, 0.25) is 0 Å². The van der Waals surface area contributed by atoms with Crippen molar-refractivity contribution >= 4 is 11.7 Å². The van der Waals surface area contributed by atoms with Crippen LogP contribution in [0.4, 0.5) is 0 Å².